The van der Waals surface area contributed by atoms with Gasteiger partial charge in [0.15, 0.2) is 0 Å². The van der Waals surface area contributed by atoms with Crippen molar-refractivity contribution in [2.75, 3.05) is 26.9 Å². The van der Waals surface area contributed by atoms with Crippen molar-refractivity contribution in [3.63, 3.8) is 0 Å². The highest BCUT2D eigenvalue weighted by molar-refractivity contribution is 5.73. The molecule has 0 radical (unpaired) electrons. The van der Waals surface area contributed by atoms with E-state index in [1.807, 2.05) is 7.11 Å². The molecule has 1 unspecified atom stereocenters. The first kappa shape index (κ1) is 33.4. The Morgan fingerprint density at radius 2 is 1.77 bits per heavy atom. The van der Waals surface area contributed by atoms with Gasteiger partial charge in [0, 0.05) is 24.0 Å². The molecule has 4 aliphatic carbocycles. The van der Waals surface area contributed by atoms with Crippen molar-refractivity contribution < 1.29 is 24.1 Å². The molecule has 1 heterocycles. The third kappa shape index (κ3) is 4.65. The molecule has 5 aliphatic rings. The normalized spacial score (nSPS) is 47.6. The number of ether oxygens (including phenoxy) is 3. The predicted octanol–water partition coefficient (Wildman–Crippen LogP) is 7.35. The van der Waals surface area contributed by atoms with Crippen LogP contribution in [0.2, 0.25) is 0 Å². The summed E-state index contributed by atoms with van der Waals surface area (Å²) >= 11 is 0. The summed E-state index contributed by atoms with van der Waals surface area (Å²) in [5.41, 5.74) is 7.19. The minimum atomic E-state index is -0.605. The van der Waals surface area contributed by atoms with E-state index < -0.39 is 5.97 Å². The summed E-state index contributed by atoms with van der Waals surface area (Å²) < 4.78 is 19.6. The molecule has 3 saturated carbocycles. The molecule has 0 spiro atoms. The van der Waals surface area contributed by atoms with Crippen LogP contribution in [0.3, 0.4) is 0 Å². The molecule has 3 N–H and O–H groups in total. The minimum absolute atomic E-state index is 0.0329. The monoisotopic (exact) mass is 601 g/mol. The zero-order valence-electron chi connectivity index (χ0n) is 29.2. The lowest BCUT2D eigenvalue weighted by molar-refractivity contribution is -0.268. The molecule has 0 aromatic heterocycles. The summed E-state index contributed by atoms with van der Waals surface area (Å²) in [7, 11) is 1.84. The van der Waals surface area contributed by atoms with Crippen LogP contribution < -0.4 is 5.73 Å². The topological polar surface area (TPSA) is 91.0 Å². The van der Waals surface area contributed by atoms with Crippen molar-refractivity contribution in [3.05, 3.63) is 11.6 Å². The highest BCUT2D eigenvalue weighted by Gasteiger charge is 2.71. The van der Waals surface area contributed by atoms with Gasteiger partial charge in [-0.25, -0.2) is 0 Å². The van der Waals surface area contributed by atoms with Crippen molar-refractivity contribution in [1.29, 1.82) is 0 Å². The lowest BCUT2D eigenvalue weighted by Gasteiger charge is -2.71. The molecule has 246 valence electrons. The van der Waals surface area contributed by atoms with Gasteiger partial charge in [0.25, 0.3) is 0 Å². The number of carboxylic acid groups (broad SMARTS) is 1. The second-order valence-corrected chi connectivity index (χ2v) is 18.1. The molecular weight excluding hydrogens is 538 g/mol. The lowest BCUT2D eigenvalue weighted by Crippen LogP contribution is -2.70. The van der Waals surface area contributed by atoms with Crippen LogP contribution in [-0.4, -0.2) is 56.3 Å². The van der Waals surface area contributed by atoms with E-state index in [1.165, 1.54) is 0 Å². The van der Waals surface area contributed by atoms with Gasteiger partial charge in [-0.2, -0.15) is 0 Å². The number of hydrogen-bond donors (Lipinski definition) is 2. The highest BCUT2D eigenvalue weighted by Crippen LogP contribution is 2.75. The van der Waals surface area contributed by atoms with Crippen LogP contribution in [0.1, 0.15) is 108 Å². The number of hydrogen-bond acceptors (Lipinski definition) is 5. The maximum Gasteiger partial charge on any atom is 0.307 e. The van der Waals surface area contributed by atoms with Gasteiger partial charge in [0.2, 0.25) is 0 Å². The molecule has 1 aliphatic heterocycles. The van der Waals surface area contributed by atoms with Gasteiger partial charge in [-0.1, -0.05) is 80.9 Å². The van der Waals surface area contributed by atoms with Crippen LogP contribution in [0, 0.1) is 62.1 Å². The maximum atomic E-state index is 13.3. The fraction of sp³-hybridized carbons (Fsp3) is 0.919. The van der Waals surface area contributed by atoms with Crippen LogP contribution in [-0.2, 0) is 19.0 Å². The third-order valence-corrected chi connectivity index (χ3v) is 14.9. The first-order chi connectivity index (χ1) is 19.8. The second kappa shape index (κ2) is 10.8. The number of rotatable bonds is 7. The predicted molar refractivity (Wildman–Crippen MR) is 172 cm³/mol. The molecular formula is C37H63NO5. The van der Waals surface area contributed by atoms with Gasteiger partial charge >= 0.3 is 5.97 Å². The number of nitrogens with two attached hydrogens (primary N) is 1. The van der Waals surface area contributed by atoms with E-state index in [9.17, 15) is 9.90 Å². The third-order valence-electron chi connectivity index (χ3n) is 14.9. The van der Waals surface area contributed by atoms with E-state index in [1.54, 1.807) is 5.57 Å². The molecule has 0 aromatic carbocycles. The van der Waals surface area contributed by atoms with Crippen LogP contribution in [0.25, 0.3) is 0 Å². The molecule has 12 atom stereocenters. The number of methoxy groups -OCH3 is 1. The van der Waals surface area contributed by atoms with Gasteiger partial charge in [-0.05, 0) is 83.9 Å². The number of aliphatic carboxylic acids is 1. The first-order valence-corrected chi connectivity index (χ1v) is 17.2. The van der Waals surface area contributed by atoms with Gasteiger partial charge < -0.3 is 25.1 Å². The zero-order valence-corrected chi connectivity index (χ0v) is 29.2. The summed E-state index contributed by atoms with van der Waals surface area (Å²) in [6.45, 7) is 24.7. The highest BCUT2D eigenvalue weighted by atomic mass is 16.5. The fourth-order valence-electron chi connectivity index (χ4n) is 11.5. The summed E-state index contributed by atoms with van der Waals surface area (Å²) in [6, 6.07) is -0.0585. The molecule has 6 nitrogen and oxygen atoms in total. The summed E-state index contributed by atoms with van der Waals surface area (Å²) in [4.78, 5) is 13.3. The van der Waals surface area contributed by atoms with E-state index in [0.717, 1.165) is 45.1 Å². The average molecular weight is 602 g/mol. The van der Waals surface area contributed by atoms with Crippen LogP contribution >= 0.6 is 0 Å². The summed E-state index contributed by atoms with van der Waals surface area (Å²) in [5, 5.41) is 10.9. The molecule has 0 aromatic rings. The summed E-state index contributed by atoms with van der Waals surface area (Å²) in [6.07, 6.45) is 8.37. The van der Waals surface area contributed by atoms with Crippen molar-refractivity contribution >= 4 is 5.97 Å². The first-order valence-electron chi connectivity index (χ1n) is 17.2. The Bertz CT molecular complexity index is 1110. The Labute approximate surface area is 262 Å². The molecule has 2 bridgehead atoms. The van der Waals surface area contributed by atoms with Crippen molar-refractivity contribution in [3.8, 4) is 0 Å². The van der Waals surface area contributed by atoms with E-state index in [-0.39, 0.29) is 56.7 Å². The Balaban J connectivity index is 1.54. The summed E-state index contributed by atoms with van der Waals surface area (Å²) in [5.74, 6) is 0.606. The van der Waals surface area contributed by atoms with Crippen LogP contribution in [0.5, 0.6) is 0 Å². The Morgan fingerprint density at radius 1 is 1.09 bits per heavy atom. The van der Waals surface area contributed by atoms with Gasteiger partial charge in [0.1, 0.15) is 0 Å². The largest absolute Gasteiger partial charge is 0.481 e. The molecule has 1 saturated heterocycles. The number of carboxylic acids is 1. The maximum absolute atomic E-state index is 13.3. The van der Waals surface area contributed by atoms with Crippen LogP contribution in [0.4, 0.5) is 0 Å². The van der Waals surface area contributed by atoms with Gasteiger partial charge in [-0.15, -0.1) is 0 Å². The standard InChI is InChI=1S/C37H63NO5/c1-22(2)23(3)33(7)16-17-35(9)24-12-13-27-34(8)20-42-21-37(27,25(24)14-15-36(35,10)29(33)31(39)40)18-26(41-11)30(34)43-19-28(38)32(4,5)6/h14,22-24,26-30H,12-13,15-21,38H2,1-11H3,(H,39,40)/t23-,24+,26-,27+,28+,29-,30+,33-,34?,35-,36+,37+/m1/s1. The molecule has 43 heavy (non-hydrogen) atoms. The van der Waals surface area contributed by atoms with E-state index in [2.05, 4.69) is 75.3 Å². The molecule has 4 fully saturated rings. The van der Waals surface area contributed by atoms with Crippen molar-refractivity contribution in [2.45, 2.75) is 126 Å². The zero-order chi connectivity index (χ0) is 32.0. The number of carbonyl (C=O) groups is 1. The Hall–Kier alpha value is -0.950. The Kier molecular flexibility index (Phi) is 8.40. The SMILES string of the molecule is CO[C@@H]1C[C@@]23COCC(C)([C@H]1OC[C@H](N)C(C)(C)C)[C@@H]2CC[C@H]1C3=CC[C@@]2(C)[C@H](C(=O)O)[C@@](C)([C@H](C)C(C)C)CC[C@]12C. The van der Waals surface area contributed by atoms with E-state index >= 15 is 0 Å². The Morgan fingerprint density at radius 3 is 2.35 bits per heavy atom. The molecule has 5 rings (SSSR count). The van der Waals surface area contributed by atoms with Crippen molar-refractivity contribution in [2.24, 2.45) is 67.8 Å². The minimum Gasteiger partial charge on any atom is -0.481 e. The molecule has 6 heteroatoms. The number of allylic oxidation sites excluding steroid dienone is 1. The quantitative estimate of drug-likeness (QED) is 0.297. The van der Waals surface area contributed by atoms with Crippen LogP contribution in [0.15, 0.2) is 11.6 Å². The van der Waals surface area contributed by atoms with E-state index in [0.29, 0.717) is 36.9 Å². The number of fused-ring (bicyclic) bond motifs is 3. The molecule has 0 amide bonds. The van der Waals surface area contributed by atoms with Gasteiger partial charge in [-0.3, -0.25) is 4.79 Å². The van der Waals surface area contributed by atoms with E-state index in [4.69, 9.17) is 19.9 Å². The van der Waals surface area contributed by atoms with Crippen molar-refractivity contribution in [1.82, 2.24) is 0 Å². The lowest BCUT2D eigenvalue weighted by atomic mass is 9.34. The second-order valence-electron chi connectivity index (χ2n) is 18.1. The van der Waals surface area contributed by atoms with Gasteiger partial charge in [0.05, 0.1) is 37.9 Å². The average Bonchev–Trinajstić information content (AvgIpc) is 2.91. The smallest absolute Gasteiger partial charge is 0.307 e. The fourth-order valence-corrected chi connectivity index (χ4v) is 11.5.